The van der Waals surface area contributed by atoms with Crippen molar-refractivity contribution in [3.63, 3.8) is 0 Å². The van der Waals surface area contributed by atoms with Crippen LogP contribution < -0.4 is 4.72 Å². The predicted octanol–water partition coefficient (Wildman–Crippen LogP) is 1.83. The average Bonchev–Trinajstić information content (AvgIpc) is 2.68. The molecule has 2 aromatic rings. The molecule has 0 atom stereocenters. The molecular weight excluding hydrogens is 354 g/mol. The molecule has 1 saturated heterocycles. The van der Waals surface area contributed by atoms with Crippen molar-refractivity contribution < 1.29 is 17.9 Å². The summed E-state index contributed by atoms with van der Waals surface area (Å²) in [6, 6.07) is 14.1. The van der Waals surface area contributed by atoms with Gasteiger partial charge in [0, 0.05) is 24.3 Å². The zero-order chi connectivity index (χ0) is 18.6. The molecule has 0 saturated carbocycles. The minimum Gasteiger partial charge on any atom is -0.378 e. The highest BCUT2D eigenvalue weighted by molar-refractivity contribution is 7.92. The number of carbonyl (C=O) groups excluding carboxylic acids is 1. The normalized spacial score (nSPS) is 14.5. The molecule has 1 N–H and O–H groups in total. The van der Waals surface area contributed by atoms with Gasteiger partial charge in [-0.2, -0.15) is 5.26 Å². The number of hydrogen-bond acceptors (Lipinski definition) is 5. The van der Waals surface area contributed by atoms with E-state index >= 15 is 0 Å². The Labute approximate surface area is 151 Å². The van der Waals surface area contributed by atoms with Crippen LogP contribution in [0.15, 0.2) is 53.4 Å². The number of anilines is 1. The second kappa shape index (κ2) is 7.56. The van der Waals surface area contributed by atoms with E-state index in [1.165, 1.54) is 18.2 Å². The number of sulfonamides is 1. The van der Waals surface area contributed by atoms with Crippen molar-refractivity contribution in [2.45, 2.75) is 4.90 Å². The molecule has 7 nitrogen and oxygen atoms in total. The average molecular weight is 371 g/mol. The molecule has 3 rings (SSSR count). The third-order valence-corrected chi connectivity index (χ3v) is 5.40. The van der Waals surface area contributed by atoms with Gasteiger partial charge in [-0.25, -0.2) is 8.42 Å². The number of nitriles is 1. The molecule has 1 fully saturated rings. The second-order valence-electron chi connectivity index (χ2n) is 5.70. The van der Waals surface area contributed by atoms with Crippen LogP contribution in [0.2, 0.25) is 0 Å². The summed E-state index contributed by atoms with van der Waals surface area (Å²) in [6.45, 7) is 1.99. The van der Waals surface area contributed by atoms with E-state index in [4.69, 9.17) is 10.00 Å². The lowest BCUT2D eigenvalue weighted by atomic mass is 10.1. The van der Waals surface area contributed by atoms with Crippen molar-refractivity contribution in [2.75, 3.05) is 31.0 Å². The standard InChI is InChI=1S/C18H17N3O4S/c19-13-15-4-1-2-7-17(15)26(23,24)20-16-6-3-5-14(12-16)18(22)21-8-10-25-11-9-21/h1-7,12,20H,8-11H2. The van der Waals surface area contributed by atoms with E-state index in [0.717, 1.165) is 0 Å². The lowest BCUT2D eigenvalue weighted by Gasteiger charge is -2.27. The number of morpholine rings is 1. The van der Waals surface area contributed by atoms with Gasteiger partial charge in [0.05, 0.1) is 18.8 Å². The van der Waals surface area contributed by atoms with Crippen molar-refractivity contribution in [3.05, 3.63) is 59.7 Å². The molecule has 26 heavy (non-hydrogen) atoms. The van der Waals surface area contributed by atoms with Crippen LogP contribution in [-0.2, 0) is 14.8 Å². The maximum atomic E-state index is 12.6. The van der Waals surface area contributed by atoms with Crippen LogP contribution in [0.1, 0.15) is 15.9 Å². The third-order valence-electron chi connectivity index (χ3n) is 3.96. The molecule has 0 unspecified atom stereocenters. The minimum atomic E-state index is -3.94. The van der Waals surface area contributed by atoms with Gasteiger partial charge in [-0.05, 0) is 30.3 Å². The van der Waals surface area contributed by atoms with Crippen molar-refractivity contribution in [3.8, 4) is 6.07 Å². The lowest BCUT2D eigenvalue weighted by molar-refractivity contribution is 0.0303. The van der Waals surface area contributed by atoms with E-state index in [1.54, 1.807) is 35.2 Å². The van der Waals surface area contributed by atoms with E-state index < -0.39 is 10.0 Å². The van der Waals surface area contributed by atoms with Crippen LogP contribution in [0.4, 0.5) is 5.69 Å². The fraction of sp³-hybridized carbons (Fsp3) is 0.222. The minimum absolute atomic E-state index is 0.0561. The van der Waals surface area contributed by atoms with Crippen LogP contribution in [0.5, 0.6) is 0 Å². The zero-order valence-corrected chi connectivity index (χ0v) is 14.7. The Bertz CT molecular complexity index is 960. The Morgan fingerprint density at radius 1 is 1.12 bits per heavy atom. The Morgan fingerprint density at radius 3 is 2.58 bits per heavy atom. The topological polar surface area (TPSA) is 99.5 Å². The van der Waals surface area contributed by atoms with Crippen LogP contribution in [0.25, 0.3) is 0 Å². The Hall–Kier alpha value is -2.89. The number of amides is 1. The molecule has 1 aliphatic heterocycles. The number of nitrogens with one attached hydrogen (secondary N) is 1. The van der Waals surface area contributed by atoms with E-state index in [9.17, 15) is 13.2 Å². The molecule has 1 amide bonds. The molecular formula is C18H17N3O4S. The number of carbonyl (C=O) groups is 1. The van der Waals surface area contributed by atoms with Crippen molar-refractivity contribution >= 4 is 21.6 Å². The smallest absolute Gasteiger partial charge is 0.263 e. The maximum absolute atomic E-state index is 12.6. The number of ether oxygens (including phenoxy) is 1. The summed E-state index contributed by atoms with van der Waals surface area (Å²) >= 11 is 0. The third kappa shape index (κ3) is 3.85. The van der Waals surface area contributed by atoms with Gasteiger partial charge in [0.15, 0.2) is 0 Å². The summed E-state index contributed by atoms with van der Waals surface area (Å²) < 4.78 is 32.8. The first-order valence-corrected chi connectivity index (χ1v) is 9.48. The predicted molar refractivity (Wildman–Crippen MR) is 95.1 cm³/mol. The number of hydrogen-bond donors (Lipinski definition) is 1. The molecule has 0 aliphatic carbocycles. The first-order valence-electron chi connectivity index (χ1n) is 8.00. The second-order valence-corrected chi connectivity index (χ2v) is 7.35. The summed E-state index contributed by atoms with van der Waals surface area (Å²) in [6.07, 6.45) is 0. The molecule has 0 aromatic heterocycles. The number of rotatable bonds is 4. The van der Waals surface area contributed by atoms with Crippen LogP contribution in [0, 0.1) is 11.3 Å². The summed E-state index contributed by atoms with van der Waals surface area (Å²) in [5.41, 5.74) is 0.707. The van der Waals surface area contributed by atoms with Gasteiger partial charge in [0.2, 0.25) is 0 Å². The van der Waals surface area contributed by atoms with E-state index in [1.807, 2.05) is 6.07 Å². The first kappa shape index (κ1) is 17.9. The molecule has 1 aliphatic rings. The summed E-state index contributed by atoms with van der Waals surface area (Å²) in [5.74, 6) is -0.174. The van der Waals surface area contributed by atoms with Crippen molar-refractivity contribution in [1.29, 1.82) is 5.26 Å². The van der Waals surface area contributed by atoms with Crippen LogP contribution >= 0.6 is 0 Å². The highest BCUT2D eigenvalue weighted by Crippen LogP contribution is 2.20. The van der Waals surface area contributed by atoms with Crippen LogP contribution in [-0.4, -0.2) is 45.5 Å². The van der Waals surface area contributed by atoms with Crippen molar-refractivity contribution in [2.24, 2.45) is 0 Å². The van der Waals surface area contributed by atoms with Gasteiger partial charge < -0.3 is 9.64 Å². The molecule has 0 spiro atoms. The highest BCUT2D eigenvalue weighted by atomic mass is 32.2. The van der Waals surface area contributed by atoms with Gasteiger partial charge in [-0.15, -0.1) is 0 Å². The van der Waals surface area contributed by atoms with Gasteiger partial charge in [-0.3, -0.25) is 9.52 Å². The quantitative estimate of drug-likeness (QED) is 0.884. The maximum Gasteiger partial charge on any atom is 0.263 e. The monoisotopic (exact) mass is 371 g/mol. The molecule has 0 bridgehead atoms. The van der Waals surface area contributed by atoms with Gasteiger partial charge in [0.25, 0.3) is 15.9 Å². The van der Waals surface area contributed by atoms with Crippen molar-refractivity contribution in [1.82, 2.24) is 4.90 Å². The number of benzene rings is 2. The van der Waals surface area contributed by atoms with Crippen LogP contribution in [0.3, 0.4) is 0 Å². The summed E-state index contributed by atoms with van der Waals surface area (Å²) in [7, 11) is -3.94. The molecule has 2 aromatic carbocycles. The SMILES string of the molecule is N#Cc1ccccc1S(=O)(=O)Nc1cccc(C(=O)N2CCOCC2)c1. The molecule has 134 valence electrons. The Morgan fingerprint density at radius 2 is 1.85 bits per heavy atom. The fourth-order valence-corrected chi connectivity index (χ4v) is 3.88. The number of nitrogens with zero attached hydrogens (tertiary/aromatic N) is 2. The summed E-state index contributed by atoms with van der Waals surface area (Å²) in [4.78, 5) is 14.1. The zero-order valence-electron chi connectivity index (χ0n) is 13.9. The van der Waals surface area contributed by atoms with E-state index in [2.05, 4.69) is 4.72 Å². The fourth-order valence-electron chi connectivity index (χ4n) is 2.67. The molecule has 0 radical (unpaired) electrons. The van der Waals surface area contributed by atoms with Gasteiger partial charge >= 0.3 is 0 Å². The van der Waals surface area contributed by atoms with E-state index in [0.29, 0.717) is 31.9 Å². The Balaban J connectivity index is 1.84. The first-order chi connectivity index (χ1) is 12.5. The lowest BCUT2D eigenvalue weighted by Crippen LogP contribution is -2.40. The van der Waals surface area contributed by atoms with E-state index in [-0.39, 0.29) is 22.1 Å². The van der Waals surface area contributed by atoms with Gasteiger partial charge in [0.1, 0.15) is 11.0 Å². The summed E-state index contributed by atoms with van der Waals surface area (Å²) in [5, 5.41) is 9.11. The highest BCUT2D eigenvalue weighted by Gasteiger charge is 2.21. The molecule has 1 heterocycles. The largest absolute Gasteiger partial charge is 0.378 e. The molecule has 8 heteroatoms. The Kier molecular flexibility index (Phi) is 5.21. The van der Waals surface area contributed by atoms with Gasteiger partial charge in [-0.1, -0.05) is 18.2 Å².